The zero-order valence-corrected chi connectivity index (χ0v) is 10.4. The molecule has 0 aromatic carbocycles. The van der Waals surface area contributed by atoms with Crippen LogP contribution in [0.15, 0.2) is 0 Å². The smallest absolute Gasteiger partial charge is 0.337 e. The first-order chi connectivity index (χ1) is 6.91. The molecule has 0 aliphatic carbocycles. The van der Waals surface area contributed by atoms with E-state index in [0.29, 0.717) is 12.5 Å². The molecule has 0 aliphatic heterocycles. The molecule has 0 aromatic heterocycles. The molecule has 0 spiro atoms. The van der Waals surface area contributed by atoms with Crippen LogP contribution in [0.25, 0.3) is 0 Å². The fourth-order valence-electron chi connectivity index (χ4n) is 1.27. The number of unbranched alkanes of at least 4 members (excludes halogenated alkanes) is 1. The van der Waals surface area contributed by atoms with E-state index in [9.17, 15) is 9.90 Å². The first-order valence-electron chi connectivity index (χ1n) is 5.81. The van der Waals surface area contributed by atoms with Crippen molar-refractivity contribution in [3.63, 3.8) is 0 Å². The highest BCUT2D eigenvalue weighted by molar-refractivity contribution is 5.78. The van der Waals surface area contributed by atoms with E-state index in [4.69, 9.17) is 4.74 Å². The molecule has 0 bridgehead atoms. The van der Waals surface area contributed by atoms with Crippen LogP contribution >= 0.6 is 0 Å². The molecule has 1 N–H and O–H groups in total. The van der Waals surface area contributed by atoms with Gasteiger partial charge in [-0.1, -0.05) is 33.1 Å². The Hall–Kier alpha value is -0.570. The van der Waals surface area contributed by atoms with Gasteiger partial charge in [0.15, 0.2) is 5.60 Å². The average molecular weight is 216 g/mol. The van der Waals surface area contributed by atoms with Crippen molar-refractivity contribution < 1.29 is 14.6 Å². The maximum Gasteiger partial charge on any atom is 0.337 e. The van der Waals surface area contributed by atoms with Crippen LogP contribution in [0, 0.1) is 5.92 Å². The normalized spacial score (nSPS) is 13.7. The quantitative estimate of drug-likeness (QED) is 0.665. The molecule has 3 nitrogen and oxygen atoms in total. The predicted octanol–water partition coefficient (Wildman–Crippen LogP) is 2.52. The van der Waals surface area contributed by atoms with E-state index in [-0.39, 0.29) is 0 Å². The van der Waals surface area contributed by atoms with E-state index < -0.39 is 11.6 Å². The van der Waals surface area contributed by atoms with Crippen LogP contribution in [0.1, 0.15) is 53.4 Å². The maximum atomic E-state index is 11.3. The van der Waals surface area contributed by atoms with E-state index in [0.717, 1.165) is 19.3 Å². The third-order valence-corrected chi connectivity index (χ3v) is 2.49. The summed E-state index contributed by atoms with van der Waals surface area (Å²) in [6, 6.07) is 0. The maximum absolute atomic E-state index is 11.3. The molecule has 0 saturated carbocycles. The second kappa shape index (κ2) is 6.83. The summed E-state index contributed by atoms with van der Waals surface area (Å²) in [7, 11) is 0. The monoisotopic (exact) mass is 216 g/mol. The van der Waals surface area contributed by atoms with E-state index in [1.54, 1.807) is 0 Å². The van der Waals surface area contributed by atoms with Gasteiger partial charge in [0.1, 0.15) is 0 Å². The van der Waals surface area contributed by atoms with Crippen LogP contribution in [-0.2, 0) is 9.53 Å². The van der Waals surface area contributed by atoms with Crippen molar-refractivity contribution in [2.75, 3.05) is 6.61 Å². The van der Waals surface area contributed by atoms with Crippen LogP contribution in [0.2, 0.25) is 0 Å². The van der Waals surface area contributed by atoms with Gasteiger partial charge >= 0.3 is 5.97 Å². The van der Waals surface area contributed by atoms with Gasteiger partial charge in [-0.2, -0.15) is 0 Å². The number of ether oxygens (including phenoxy) is 1. The van der Waals surface area contributed by atoms with Gasteiger partial charge in [0.05, 0.1) is 6.61 Å². The Bertz CT molecular complexity index is 182. The largest absolute Gasteiger partial charge is 0.463 e. The topological polar surface area (TPSA) is 46.5 Å². The second-order valence-electron chi connectivity index (χ2n) is 4.57. The minimum atomic E-state index is -1.37. The number of esters is 1. The molecule has 1 unspecified atom stereocenters. The summed E-state index contributed by atoms with van der Waals surface area (Å²) in [6.07, 6.45) is 4.43. The van der Waals surface area contributed by atoms with Crippen LogP contribution in [0.4, 0.5) is 0 Å². The summed E-state index contributed by atoms with van der Waals surface area (Å²) in [5, 5.41) is 9.37. The van der Waals surface area contributed by atoms with Gasteiger partial charge in [-0.25, -0.2) is 4.79 Å². The Morgan fingerprint density at radius 3 is 2.40 bits per heavy atom. The summed E-state index contributed by atoms with van der Waals surface area (Å²) in [6.45, 7) is 7.57. The molecule has 90 valence electrons. The molecular weight excluding hydrogens is 192 g/mol. The zero-order valence-electron chi connectivity index (χ0n) is 10.4. The molecule has 0 radical (unpaired) electrons. The first-order valence-corrected chi connectivity index (χ1v) is 5.81. The number of carbonyl (C=O) groups excluding carboxylic acids is 1. The fraction of sp³-hybridized carbons (Fsp3) is 0.917. The molecule has 0 aromatic rings. The Morgan fingerprint density at radius 1 is 1.40 bits per heavy atom. The van der Waals surface area contributed by atoms with Gasteiger partial charge < -0.3 is 9.84 Å². The lowest BCUT2D eigenvalue weighted by atomic mass is 10.0. The molecule has 0 fully saturated rings. The SMILES string of the molecule is CCCCC(CC)COC(=O)C(C)(C)O. The molecular formula is C12H24O3. The molecule has 3 heteroatoms. The number of hydrogen-bond acceptors (Lipinski definition) is 3. The van der Waals surface area contributed by atoms with E-state index in [1.165, 1.54) is 20.3 Å². The van der Waals surface area contributed by atoms with Gasteiger partial charge in [-0.3, -0.25) is 0 Å². The van der Waals surface area contributed by atoms with Crippen LogP contribution in [-0.4, -0.2) is 23.3 Å². The predicted molar refractivity (Wildman–Crippen MR) is 60.6 cm³/mol. The van der Waals surface area contributed by atoms with Gasteiger partial charge in [0.2, 0.25) is 0 Å². The van der Waals surface area contributed by atoms with E-state index in [2.05, 4.69) is 13.8 Å². The fourth-order valence-corrected chi connectivity index (χ4v) is 1.27. The van der Waals surface area contributed by atoms with Crippen molar-refractivity contribution >= 4 is 5.97 Å². The van der Waals surface area contributed by atoms with Crippen LogP contribution < -0.4 is 0 Å². The lowest BCUT2D eigenvalue weighted by Gasteiger charge is -2.19. The first kappa shape index (κ1) is 14.4. The van der Waals surface area contributed by atoms with Gasteiger partial charge in [0.25, 0.3) is 0 Å². The molecule has 0 rings (SSSR count). The van der Waals surface area contributed by atoms with Crippen molar-refractivity contribution in [3.8, 4) is 0 Å². The van der Waals surface area contributed by atoms with Gasteiger partial charge in [0, 0.05) is 0 Å². The van der Waals surface area contributed by atoms with Crippen molar-refractivity contribution in [2.24, 2.45) is 5.92 Å². The Kier molecular flexibility index (Phi) is 6.57. The number of carbonyl (C=O) groups is 1. The summed E-state index contributed by atoms with van der Waals surface area (Å²) in [4.78, 5) is 11.3. The van der Waals surface area contributed by atoms with Gasteiger partial charge in [-0.15, -0.1) is 0 Å². The summed E-state index contributed by atoms with van der Waals surface area (Å²) in [5.41, 5.74) is -1.37. The van der Waals surface area contributed by atoms with Crippen molar-refractivity contribution in [1.29, 1.82) is 0 Å². The lowest BCUT2D eigenvalue weighted by molar-refractivity contribution is -0.163. The van der Waals surface area contributed by atoms with Crippen LogP contribution in [0.3, 0.4) is 0 Å². The van der Waals surface area contributed by atoms with Crippen LogP contribution in [0.5, 0.6) is 0 Å². The Balaban J connectivity index is 3.85. The third-order valence-electron chi connectivity index (χ3n) is 2.49. The number of hydrogen-bond donors (Lipinski definition) is 1. The number of aliphatic hydroxyl groups is 1. The third kappa shape index (κ3) is 6.50. The Morgan fingerprint density at radius 2 is 2.00 bits per heavy atom. The van der Waals surface area contributed by atoms with Crippen molar-refractivity contribution in [1.82, 2.24) is 0 Å². The van der Waals surface area contributed by atoms with E-state index >= 15 is 0 Å². The highest BCUT2D eigenvalue weighted by Crippen LogP contribution is 2.14. The Labute approximate surface area is 92.8 Å². The molecule has 15 heavy (non-hydrogen) atoms. The molecule has 0 amide bonds. The second-order valence-corrected chi connectivity index (χ2v) is 4.57. The van der Waals surface area contributed by atoms with Crippen molar-refractivity contribution in [2.45, 2.75) is 59.0 Å². The highest BCUT2D eigenvalue weighted by atomic mass is 16.5. The summed E-state index contributed by atoms with van der Waals surface area (Å²) < 4.78 is 5.07. The minimum Gasteiger partial charge on any atom is -0.463 e. The zero-order chi connectivity index (χ0) is 11.9. The average Bonchev–Trinajstić information content (AvgIpc) is 2.16. The number of rotatable bonds is 7. The minimum absolute atomic E-state index is 0.427. The van der Waals surface area contributed by atoms with E-state index in [1.807, 2.05) is 0 Å². The summed E-state index contributed by atoms with van der Waals surface area (Å²) in [5.74, 6) is -0.103. The molecule has 0 aliphatic rings. The molecule has 0 saturated heterocycles. The van der Waals surface area contributed by atoms with Crippen molar-refractivity contribution in [3.05, 3.63) is 0 Å². The lowest BCUT2D eigenvalue weighted by Crippen LogP contribution is -2.34. The standard InChI is InChI=1S/C12H24O3/c1-5-7-8-10(6-2)9-15-11(13)12(3,4)14/h10,14H,5-9H2,1-4H3. The summed E-state index contributed by atoms with van der Waals surface area (Å²) >= 11 is 0. The van der Waals surface area contributed by atoms with Gasteiger partial charge in [-0.05, 0) is 26.2 Å². The highest BCUT2D eigenvalue weighted by Gasteiger charge is 2.26. The molecule has 1 atom stereocenters. The molecule has 0 heterocycles.